The van der Waals surface area contributed by atoms with Crippen LogP contribution in [0.15, 0.2) is 47.5 Å². The highest BCUT2D eigenvalue weighted by atomic mass is 16.5. The molecular weight excluding hydrogens is 354 g/mol. The first-order chi connectivity index (χ1) is 13.6. The van der Waals surface area contributed by atoms with E-state index in [9.17, 15) is 0 Å². The second kappa shape index (κ2) is 6.12. The molecule has 2 aliphatic heterocycles. The molecule has 0 amide bonds. The maximum absolute atomic E-state index is 6.32. The van der Waals surface area contributed by atoms with Gasteiger partial charge in [-0.3, -0.25) is 0 Å². The van der Waals surface area contributed by atoms with Gasteiger partial charge < -0.3 is 26.8 Å². The molecular formula is C20H19N7O. The molecule has 140 valence electrons. The fourth-order valence-electron chi connectivity index (χ4n) is 3.39. The van der Waals surface area contributed by atoms with Crippen LogP contribution in [0.1, 0.15) is 12.0 Å². The Balaban J connectivity index is 1.64. The zero-order valence-electron chi connectivity index (χ0n) is 15.1. The molecule has 28 heavy (non-hydrogen) atoms. The van der Waals surface area contributed by atoms with Crippen molar-refractivity contribution in [3.8, 4) is 22.8 Å². The lowest BCUT2D eigenvalue weighted by Crippen LogP contribution is -2.37. The Morgan fingerprint density at radius 1 is 0.929 bits per heavy atom. The molecule has 0 saturated carbocycles. The predicted octanol–water partition coefficient (Wildman–Crippen LogP) is 2.66. The van der Waals surface area contributed by atoms with Gasteiger partial charge in [0.25, 0.3) is 0 Å². The van der Waals surface area contributed by atoms with Gasteiger partial charge in [0, 0.05) is 30.4 Å². The standard InChI is InChI=1S/C20H19N7O/c21-12-8-11(14-10-17(26-20(23)25-14)27-6-3-7-27)9-16-18(12)19(22)24-13-4-1-2-5-15(13)28-16/h1-2,4-5,8-10H,3,6-7,21H2,(H2,22,24)(H2,23,25,26). The molecule has 3 heterocycles. The number of anilines is 3. The molecule has 1 fully saturated rings. The second-order valence-electron chi connectivity index (χ2n) is 6.82. The topological polar surface area (TPSA) is 129 Å². The maximum atomic E-state index is 6.32. The van der Waals surface area contributed by atoms with Gasteiger partial charge in [0.15, 0.2) is 5.75 Å². The molecule has 8 nitrogen and oxygen atoms in total. The van der Waals surface area contributed by atoms with Crippen LogP contribution in [0.2, 0.25) is 0 Å². The molecule has 5 rings (SSSR count). The number of fused-ring (bicyclic) bond motifs is 2. The van der Waals surface area contributed by atoms with E-state index in [0.29, 0.717) is 40.0 Å². The van der Waals surface area contributed by atoms with Gasteiger partial charge in [0.2, 0.25) is 5.95 Å². The molecule has 6 N–H and O–H groups in total. The molecule has 0 atom stereocenters. The minimum atomic E-state index is 0.222. The van der Waals surface area contributed by atoms with Gasteiger partial charge in [-0.25, -0.2) is 9.98 Å². The Labute approximate surface area is 161 Å². The molecule has 1 aromatic heterocycles. The van der Waals surface area contributed by atoms with Crippen LogP contribution in [0.4, 0.5) is 23.1 Å². The van der Waals surface area contributed by atoms with Crippen molar-refractivity contribution in [3.63, 3.8) is 0 Å². The van der Waals surface area contributed by atoms with E-state index in [4.69, 9.17) is 21.9 Å². The predicted molar refractivity (Wildman–Crippen MR) is 110 cm³/mol. The van der Waals surface area contributed by atoms with E-state index in [0.717, 1.165) is 30.9 Å². The number of aliphatic imine (C=N–C) groups is 1. The van der Waals surface area contributed by atoms with Gasteiger partial charge in [0.1, 0.15) is 23.1 Å². The minimum absolute atomic E-state index is 0.222. The summed E-state index contributed by atoms with van der Waals surface area (Å²) in [5, 5.41) is 0. The molecule has 8 heteroatoms. The van der Waals surface area contributed by atoms with E-state index in [1.165, 1.54) is 0 Å². The third-order valence-corrected chi connectivity index (χ3v) is 4.92. The lowest BCUT2D eigenvalue weighted by atomic mass is 10.0. The smallest absolute Gasteiger partial charge is 0.222 e. The number of hydrogen-bond acceptors (Lipinski definition) is 8. The van der Waals surface area contributed by atoms with Gasteiger partial charge in [-0.1, -0.05) is 12.1 Å². The maximum Gasteiger partial charge on any atom is 0.222 e. The second-order valence-corrected chi connectivity index (χ2v) is 6.82. The normalized spacial score (nSPS) is 14.9. The molecule has 0 spiro atoms. The lowest BCUT2D eigenvalue weighted by Gasteiger charge is -2.32. The minimum Gasteiger partial charge on any atom is -0.454 e. The first-order valence-electron chi connectivity index (χ1n) is 9.03. The number of aromatic nitrogens is 2. The highest BCUT2D eigenvalue weighted by Gasteiger charge is 2.22. The quantitative estimate of drug-likeness (QED) is 0.589. The number of nitrogens with two attached hydrogens (primary N) is 3. The van der Waals surface area contributed by atoms with Crippen LogP contribution in [-0.2, 0) is 0 Å². The molecule has 0 aliphatic carbocycles. The van der Waals surface area contributed by atoms with Crippen molar-refractivity contribution in [3.05, 3.63) is 48.0 Å². The summed E-state index contributed by atoms with van der Waals surface area (Å²) < 4.78 is 6.10. The Bertz CT molecular complexity index is 1120. The first-order valence-corrected chi connectivity index (χ1v) is 9.03. The molecule has 0 unspecified atom stereocenters. The van der Waals surface area contributed by atoms with Crippen LogP contribution in [0, 0.1) is 0 Å². The monoisotopic (exact) mass is 373 g/mol. The number of amidine groups is 1. The Morgan fingerprint density at radius 3 is 2.54 bits per heavy atom. The first kappa shape index (κ1) is 16.4. The molecule has 0 bridgehead atoms. The fourth-order valence-corrected chi connectivity index (χ4v) is 3.39. The molecule has 0 radical (unpaired) electrons. The zero-order chi connectivity index (χ0) is 19.3. The van der Waals surface area contributed by atoms with Gasteiger partial charge >= 0.3 is 0 Å². The number of nitrogens with zero attached hydrogens (tertiary/aromatic N) is 4. The summed E-state index contributed by atoms with van der Waals surface area (Å²) in [6, 6.07) is 13.0. The Morgan fingerprint density at radius 2 is 1.75 bits per heavy atom. The summed E-state index contributed by atoms with van der Waals surface area (Å²) in [5.41, 5.74) is 21.6. The summed E-state index contributed by atoms with van der Waals surface area (Å²) in [6.45, 7) is 1.93. The fraction of sp³-hybridized carbons (Fsp3) is 0.150. The molecule has 2 aromatic carbocycles. The van der Waals surface area contributed by atoms with Crippen molar-refractivity contribution in [2.24, 2.45) is 10.7 Å². The van der Waals surface area contributed by atoms with E-state index >= 15 is 0 Å². The third-order valence-electron chi connectivity index (χ3n) is 4.92. The van der Waals surface area contributed by atoms with Crippen molar-refractivity contribution >= 4 is 29.0 Å². The number of nitrogen functional groups attached to an aromatic ring is 2. The van der Waals surface area contributed by atoms with E-state index in [1.54, 1.807) is 0 Å². The summed E-state index contributed by atoms with van der Waals surface area (Å²) in [7, 11) is 0. The van der Waals surface area contributed by atoms with E-state index in [2.05, 4.69) is 19.9 Å². The van der Waals surface area contributed by atoms with Crippen LogP contribution in [0.25, 0.3) is 11.3 Å². The Kier molecular flexibility index (Phi) is 3.58. The van der Waals surface area contributed by atoms with Crippen LogP contribution in [-0.4, -0.2) is 28.9 Å². The van der Waals surface area contributed by atoms with Gasteiger partial charge in [-0.15, -0.1) is 0 Å². The van der Waals surface area contributed by atoms with Crippen molar-refractivity contribution < 1.29 is 4.74 Å². The highest BCUT2D eigenvalue weighted by molar-refractivity contribution is 6.07. The van der Waals surface area contributed by atoms with Crippen LogP contribution < -0.4 is 26.8 Å². The van der Waals surface area contributed by atoms with Gasteiger partial charge in [-0.2, -0.15) is 4.98 Å². The molecule has 2 aliphatic rings. The van der Waals surface area contributed by atoms with Crippen LogP contribution in [0.5, 0.6) is 11.5 Å². The van der Waals surface area contributed by atoms with Crippen molar-refractivity contribution in [1.82, 2.24) is 9.97 Å². The molecule has 3 aromatic rings. The highest BCUT2D eigenvalue weighted by Crippen LogP contribution is 2.41. The van der Waals surface area contributed by atoms with Crippen LogP contribution >= 0.6 is 0 Å². The largest absolute Gasteiger partial charge is 0.454 e. The number of para-hydroxylation sites is 2. The third kappa shape index (κ3) is 2.66. The van der Waals surface area contributed by atoms with E-state index in [-0.39, 0.29) is 5.95 Å². The summed E-state index contributed by atoms with van der Waals surface area (Å²) in [4.78, 5) is 15.3. The number of benzene rings is 2. The summed E-state index contributed by atoms with van der Waals surface area (Å²) >= 11 is 0. The zero-order valence-corrected chi connectivity index (χ0v) is 15.1. The summed E-state index contributed by atoms with van der Waals surface area (Å²) in [6.07, 6.45) is 1.15. The van der Waals surface area contributed by atoms with Crippen molar-refractivity contribution in [1.29, 1.82) is 0 Å². The van der Waals surface area contributed by atoms with Crippen molar-refractivity contribution in [2.45, 2.75) is 6.42 Å². The Hall–Kier alpha value is -3.81. The van der Waals surface area contributed by atoms with Crippen LogP contribution in [0.3, 0.4) is 0 Å². The number of rotatable bonds is 2. The summed E-state index contributed by atoms with van der Waals surface area (Å²) in [5.74, 6) is 2.50. The average molecular weight is 373 g/mol. The lowest BCUT2D eigenvalue weighted by molar-refractivity contribution is 0.485. The number of ether oxygens (including phenoxy) is 1. The SMILES string of the molecule is NC1=Nc2ccccc2Oc2cc(-c3cc(N4CCC4)nc(N)n3)cc(N)c21. The van der Waals surface area contributed by atoms with Gasteiger partial charge in [-0.05, 0) is 30.7 Å². The van der Waals surface area contributed by atoms with Crippen molar-refractivity contribution in [2.75, 3.05) is 29.5 Å². The van der Waals surface area contributed by atoms with Gasteiger partial charge in [0.05, 0.1) is 11.3 Å². The van der Waals surface area contributed by atoms with E-state index in [1.807, 2.05) is 42.5 Å². The number of hydrogen-bond donors (Lipinski definition) is 3. The molecule has 1 saturated heterocycles. The average Bonchev–Trinajstić information content (AvgIpc) is 2.75. The van der Waals surface area contributed by atoms with E-state index < -0.39 is 0 Å².